The number of anilines is 2. The second-order valence-corrected chi connectivity index (χ2v) is 10.3. The number of hydrazone groups is 1. The summed E-state index contributed by atoms with van der Waals surface area (Å²) in [5.74, 6) is 1.68. The molecule has 0 radical (unpaired) electrons. The van der Waals surface area contributed by atoms with Crippen molar-refractivity contribution in [2.75, 3.05) is 18.4 Å². The molecule has 3 N–H and O–H groups in total. The van der Waals surface area contributed by atoms with Crippen LogP contribution in [0.15, 0.2) is 83.0 Å². The van der Waals surface area contributed by atoms with E-state index in [2.05, 4.69) is 74.0 Å². The van der Waals surface area contributed by atoms with Gasteiger partial charge in [0, 0.05) is 30.0 Å². The third-order valence-corrected chi connectivity index (χ3v) is 7.52. The minimum Gasteiger partial charge on any atom is -0.355 e. The number of rotatable bonds is 6. The Bertz CT molecular complexity index is 1520. The molecule has 1 aromatic heterocycles. The van der Waals surface area contributed by atoms with Gasteiger partial charge in [0.2, 0.25) is 0 Å². The summed E-state index contributed by atoms with van der Waals surface area (Å²) in [4.78, 5) is 15.2. The molecule has 2 aliphatic rings. The van der Waals surface area contributed by atoms with Crippen molar-refractivity contribution in [2.24, 2.45) is 10.1 Å². The summed E-state index contributed by atoms with van der Waals surface area (Å²) in [6.07, 6.45) is 2.81. The lowest BCUT2D eigenvalue weighted by molar-refractivity contribution is 0.288. The van der Waals surface area contributed by atoms with E-state index in [0.717, 1.165) is 71.6 Å². The number of aromatic nitrogens is 2. The Kier molecular flexibility index (Phi) is 6.70. The van der Waals surface area contributed by atoms with Crippen LogP contribution in [0.3, 0.4) is 0 Å². The van der Waals surface area contributed by atoms with Gasteiger partial charge in [0.1, 0.15) is 11.7 Å². The molecule has 4 aromatic rings. The first-order valence-corrected chi connectivity index (χ1v) is 13.3. The van der Waals surface area contributed by atoms with Crippen LogP contribution in [0, 0.1) is 0 Å². The zero-order valence-corrected chi connectivity index (χ0v) is 22.3. The van der Waals surface area contributed by atoms with Crippen molar-refractivity contribution in [3.8, 4) is 22.6 Å². The fourth-order valence-electron chi connectivity index (χ4n) is 4.97. The number of H-pyrrole nitrogens is 1. The second-order valence-electron chi connectivity index (χ2n) is 9.85. The molecule has 192 valence electrons. The number of hydrogen-bond acceptors (Lipinski definition) is 6. The maximum absolute atomic E-state index is 6.60. The van der Waals surface area contributed by atoms with Gasteiger partial charge in [-0.25, -0.2) is 4.98 Å². The summed E-state index contributed by atoms with van der Waals surface area (Å²) in [7, 11) is 0. The maximum atomic E-state index is 6.60. The van der Waals surface area contributed by atoms with E-state index in [1.165, 1.54) is 11.1 Å². The van der Waals surface area contributed by atoms with Gasteiger partial charge < -0.3 is 10.3 Å². The summed E-state index contributed by atoms with van der Waals surface area (Å²) in [5.41, 5.74) is 11.8. The van der Waals surface area contributed by atoms with Crippen molar-refractivity contribution in [1.82, 2.24) is 20.3 Å². The smallest absolute Gasteiger partial charge is 0.139 e. The van der Waals surface area contributed by atoms with Crippen LogP contribution in [0.1, 0.15) is 25.0 Å². The molecule has 0 saturated heterocycles. The van der Waals surface area contributed by atoms with Gasteiger partial charge in [-0.05, 0) is 61.2 Å². The van der Waals surface area contributed by atoms with E-state index in [1.54, 1.807) is 0 Å². The number of imidazole rings is 1. The quantitative estimate of drug-likeness (QED) is 0.278. The number of benzene rings is 3. The average Bonchev–Trinajstić information content (AvgIpc) is 3.43. The minimum atomic E-state index is 0.134. The summed E-state index contributed by atoms with van der Waals surface area (Å²) in [5, 5.41) is 8.70. The van der Waals surface area contributed by atoms with Crippen molar-refractivity contribution < 1.29 is 0 Å². The molecule has 0 aliphatic carbocycles. The Morgan fingerprint density at radius 2 is 1.95 bits per heavy atom. The normalized spacial score (nSPS) is 17.3. The van der Waals surface area contributed by atoms with E-state index in [-0.39, 0.29) is 6.04 Å². The monoisotopic (exact) mass is 523 g/mol. The van der Waals surface area contributed by atoms with Gasteiger partial charge in [-0.1, -0.05) is 54.1 Å². The summed E-state index contributed by atoms with van der Waals surface area (Å²) in [6.45, 7) is 6.70. The molecule has 1 unspecified atom stereocenters. The highest BCUT2D eigenvalue weighted by molar-refractivity contribution is 6.33. The Morgan fingerprint density at radius 3 is 2.79 bits per heavy atom. The predicted octanol–water partition coefficient (Wildman–Crippen LogP) is 6.26. The number of halogens is 1. The van der Waals surface area contributed by atoms with Crippen molar-refractivity contribution in [3.05, 3.63) is 89.1 Å². The van der Waals surface area contributed by atoms with Crippen molar-refractivity contribution >= 4 is 34.5 Å². The molecule has 0 saturated carbocycles. The number of aromatic amines is 1. The van der Waals surface area contributed by atoms with Gasteiger partial charge in [0.05, 0.1) is 35.2 Å². The molecule has 0 fully saturated rings. The van der Waals surface area contributed by atoms with E-state index < -0.39 is 0 Å². The van der Waals surface area contributed by atoms with Crippen LogP contribution in [-0.4, -0.2) is 45.5 Å². The molecule has 3 heterocycles. The first-order chi connectivity index (χ1) is 18.5. The largest absolute Gasteiger partial charge is 0.355 e. The lowest BCUT2D eigenvalue weighted by Crippen LogP contribution is -2.41. The second kappa shape index (κ2) is 10.4. The van der Waals surface area contributed by atoms with E-state index in [9.17, 15) is 0 Å². The van der Waals surface area contributed by atoms with E-state index in [4.69, 9.17) is 16.6 Å². The maximum Gasteiger partial charge on any atom is 0.139 e. The standard InChI is InChI=1S/C30H30ClN7/c1-19-20(2)36-37-29(33-19)18-38-14-13-24-22(17-38)9-6-10-27(24)34-23-11-12-26(31)25(15-23)30-32-16-28(35-30)21-7-4-3-5-8-21/h3-12,15-16,19,34H,13-14,17-18H2,1-2H3,(H,32,35)(H,33,37). The fourth-order valence-corrected chi connectivity index (χ4v) is 5.18. The SMILES string of the molecule is CC1=NNC(CN2CCc3c(cccc3Nc3ccc(Cl)c(-c4ncc(-c5ccccc5)[nH]4)c3)C2)=NC1C. The zero-order valence-electron chi connectivity index (χ0n) is 21.5. The molecular formula is C30H30ClN7. The third kappa shape index (κ3) is 5.08. The number of amidine groups is 1. The van der Waals surface area contributed by atoms with Crippen LogP contribution >= 0.6 is 11.6 Å². The minimum absolute atomic E-state index is 0.134. The van der Waals surface area contributed by atoms with E-state index in [1.807, 2.05) is 43.5 Å². The van der Waals surface area contributed by atoms with Gasteiger partial charge in [-0.15, -0.1) is 0 Å². The van der Waals surface area contributed by atoms with Crippen molar-refractivity contribution in [1.29, 1.82) is 0 Å². The first kappa shape index (κ1) is 24.4. The van der Waals surface area contributed by atoms with Gasteiger partial charge in [0.25, 0.3) is 0 Å². The highest BCUT2D eigenvalue weighted by atomic mass is 35.5. The van der Waals surface area contributed by atoms with Crippen LogP contribution in [-0.2, 0) is 13.0 Å². The topological polar surface area (TPSA) is 80.7 Å². The Balaban J connectivity index is 1.19. The molecule has 0 spiro atoms. The molecule has 8 heteroatoms. The molecule has 2 aliphatic heterocycles. The molecule has 38 heavy (non-hydrogen) atoms. The van der Waals surface area contributed by atoms with Crippen molar-refractivity contribution in [3.63, 3.8) is 0 Å². The fraction of sp³-hybridized carbons (Fsp3) is 0.233. The summed E-state index contributed by atoms with van der Waals surface area (Å²) in [6, 6.07) is 22.8. The van der Waals surface area contributed by atoms with Gasteiger partial charge >= 0.3 is 0 Å². The first-order valence-electron chi connectivity index (χ1n) is 12.9. The van der Waals surface area contributed by atoms with Crippen LogP contribution in [0.5, 0.6) is 0 Å². The summed E-state index contributed by atoms with van der Waals surface area (Å²) < 4.78 is 0. The number of hydrogen-bond donors (Lipinski definition) is 3. The van der Waals surface area contributed by atoms with Gasteiger partial charge in [-0.2, -0.15) is 5.10 Å². The Morgan fingerprint density at radius 1 is 1.08 bits per heavy atom. The van der Waals surface area contributed by atoms with Gasteiger partial charge in [-0.3, -0.25) is 15.3 Å². The number of nitrogens with one attached hydrogen (secondary N) is 3. The van der Waals surface area contributed by atoms with Crippen LogP contribution < -0.4 is 10.7 Å². The molecular weight excluding hydrogens is 494 g/mol. The third-order valence-electron chi connectivity index (χ3n) is 7.19. The highest BCUT2D eigenvalue weighted by Crippen LogP contribution is 2.33. The number of aliphatic imine (C=N–C) groups is 1. The van der Waals surface area contributed by atoms with Crippen LogP contribution in [0.4, 0.5) is 11.4 Å². The van der Waals surface area contributed by atoms with E-state index in [0.29, 0.717) is 5.02 Å². The molecule has 7 nitrogen and oxygen atoms in total. The summed E-state index contributed by atoms with van der Waals surface area (Å²) >= 11 is 6.60. The van der Waals surface area contributed by atoms with Crippen LogP contribution in [0.25, 0.3) is 22.6 Å². The predicted molar refractivity (Wildman–Crippen MR) is 156 cm³/mol. The lowest BCUT2D eigenvalue weighted by Gasteiger charge is -2.31. The molecule has 3 aromatic carbocycles. The molecule has 6 rings (SSSR count). The van der Waals surface area contributed by atoms with Crippen molar-refractivity contribution in [2.45, 2.75) is 32.9 Å². The van der Waals surface area contributed by atoms with E-state index >= 15 is 0 Å². The lowest BCUT2D eigenvalue weighted by atomic mass is 9.97. The number of fused-ring (bicyclic) bond motifs is 1. The zero-order chi connectivity index (χ0) is 26.1. The Labute approximate surface area is 227 Å². The Hall–Kier alpha value is -3.94. The van der Waals surface area contributed by atoms with Gasteiger partial charge in [0.15, 0.2) is 0 Å². The van der Waals surface area contributed by atoms with Crippen LogP contribution in [0.2, 0.25) is 5.02 Å². The average molecular weight is 524 g/mol. The molecule has 0 amide bonds. The molecule has 0 bridgehead atoms. The highest BCUT2D eigenvalue weighted by Gasteiger charge is 2.22. The molecule has 1 atom stereocenters. The number of nitrogens with zero attached hydrogens (tertiary/aromatic N) is 4.